The van der Waals surface area contributed by atoms with Crippen molar-refractivity contribution in [1.82, 2.24) is 9.80 Å². The molecule has 6 heteroatoms. The van der Waals surface area contributed by atoms with E-state index in [4.69, 9.17) is 9.47 Å². The van der Waals surface area contributed by atoms with Crippen LogP contribution in [0.1, 0.15) is 52.0 Å². The molecule has 0 saturated carbocycles. The van der Waals surface area contributed by atoms with Crippen molar-refractivity contribution in [3.8, 4) is 11.8 Å². The van der Waals surface area contributed by atoms with E-state index in [0.29, 0.717) is 31.8 Å². The number of carbonyl (C=O) groups excluding carboxylic acids is 1. The number of amides is 1. The predicted octanol–water partition coefficient (Wildman–Crippen LogP) is 3.64. The Kier molecular flexibility index (Phi) is 6.77. The van der Waals surface area contributed by atoms with Crippen LogP contribution < -0.4 is 0 Å². The van der Waals surface area contributed by atoms with Gasteiger partial charge in [-0.25, -0.2) is 4.79 Å². The van der Waals surface area contributed by atoms with Gasteiger partial charge in [0.25, 0.3) is 0 Å². The zero-order chi connectivity index (χ0) is 23.7. The second-order valence-electron chi connectivity index (χ2n) is 10.8. The number of fused-ring (bicyclic) bond motifs is 3. The predicted molar refractivity (Wildman–Crippen MR) is 128 cm³/mol. The van der Waals surface area contributed by atoms with Crippen molar-refractivity contribution in [2.75, 3.05) is 39.8 Å². The fourth-order valence-electron chi connectivity index (χ4n) is 5.55. The molecule has 4 heterocycles. The summed E-state index contributed by atoms with van der Waals surface area (Å²) < 4.78 is 11.6. The summed E-state index contributed by atoms with van der Waals surface area (Å²) in [6, 6.07) is 9.73. The number of hydrogen-bond acceptors (Lipinski definition) is 5. The van der Waals surface area contributed by atoms with E-state index in [1.807, 2.05) is 51.1 Å². The standard InChI is InChI=1S/C27H38N2O4/c1-25(2,3)33-24(30)29-18-12-23(13-19-29)27(31,22-8-6-5-7-9-22)15-14-26(32-4)20-28-16-10-21(26)11-17-28/h5-9,21,23,31H,10-13,16-20H2,1-4H3/t26-,27?/m1/s1. The molecule has 33 heavy (non-hydrogen) atoms. The van der Waals surface area contributed by atoms with Crippen molar-refractivity contribution in [1.29, 1.82) is 0 Å². The van der Waals surface area contributed by atoms with Crippen molar-refractivity contribution >= 4 is 6.09 Å². The lowest BCUT2D eigenvalue weighted by Gasteiger charge is -2.50. The minimum absolute atomic E-state index is 0.0823. The van der Waals surface area contributed by atoms with Crippen LogP contribution in [-0.4, -0.2) is 72.0 Å². The van der Waals surface area contributed by atoms with Gasteiger partial charge in [0.15, 0.2) is 5.60 Å². The Bertz CT molecular complexity index is 886. The van der Waals surface area contributed by atoms with Gasteiger partial charge in [-0.05, 0) is 65.1 Å². The second kappa shape index (κ2) is 9.29. The van der Waals surface area contributed by atoms with Crippen molar-refractivity contribution in [2.24, 2.45) is 11.8 Å². The molecule has 4 saturated heterocycles. The molecule has 0 radical (unpaired) electrons. The molecule has 2 bridgehead atoms. The number of aliphatic hydroxyl groups is 1. The maximum Gasteiger partial charge on any atom is 0.410 e. The summed E-state index contributed by atoms with van der Waals surface area (Å²) in [5.41, 5.74) is -1.54. The summed E-state index contributed by atoms with van der Waals surface area (Å²) in [5.74, 6) is 7.09. The number of rotatable bonds is 3. The Balaban J connectivity index is 1.57. The van der Waals surface area contributed by atoms with Crippen molar-refractivity contribution in [2.45, 2.75) is 63.3 Å². The number of piperidine rings is 4. The van der Waals surface area contributed by atoms with Crippen LogP contribution in [-0.2, 0) is 15.1 Å². The van der Waals surface area contributed by atoms with Gasteiger partial charge in [0.05, 0.1) is 0 Å². The van der Waals surface area contributed by atoms with Gasteiger partial charge < -0.3 is 19.5 Å². The minimum Gasteiger partial charge on any atom is -0.444 e. The molecule has 6 nitrogen and oxygen atoms in total. The maximum atomic E-state index is 12.5. The first kappa shape index (κ1) is 24.1. The third-order valence-corrected chi connectivity index (χ3v) is 7.49. The number of nitrogens with zero attached hydrogens (tertiary/aromatic N) is 2. The first-order valence-electron chi connectivity index (χ1n) is 12.2. The molecule has 2 atom stereocenters. The van der Waals surface area contributed by atoms with E-state index >= 15 is 0 Å². The van der Waals surface area contributed by atoms with E-state index in [2.05, 4.69) is 16.7 Å². The molecule has 4 fully saturated rings. The molecule has 4 aliphatic heterocycles. The van der Waals surface area contributed by atoms with Gasteiger partial charge in [-0.3, -0.25) is 4.90 Å². The first-order chi connectivity index (χ1) is 15.7. The number of likely N-dealkylation sites (tertiary alicyclic amines) is 1. The number of methoxy groups -OCH3 is 1. The number of benzene rings is 1. The molecule has 1 amide bonds. The Morgan fingerprint density at radius 2 is 1.70 bits per heavy atom. The molecule has 4 aliphatic rings. The smallest absolute Gasteiger partial charge is 0.410 e. The van der Waals surface area contributed by atoms with Crippen LogP contribution in [0.25, 0.3) is 0 Å². The topological polar surface area (TPSA) is 62.2 Å². The lowest BCUT2D eigenvalue weighted by molar-refractivity contribution is -0.0968. The van der Waals surface area contributed by atoms with Gasteiger partial charge in [-0.2, -0.15) is 0 Å². The Labute approximate surface area is 198 Å². The van der Waals surface area contributed by atoms with Crippen LogP contribution in [0.5, 0.6) is 0 Å². The highest BCUT2D eigenvalue weighted by Crippen LogP contribution is 2.40. The normalized spacial score (nSPS) is 29.7. The fraction of sp³-hybridized carbons (Fsp3) is 0.667. The summed E-state index contributed by atoms with van der Waals surface area (Å²) in [6.45, 7) is 9.71. The molecule has 5 rings (SSSR count). The first-order valence-corrected chi connectivity index (χ1v) is 12.2. The van der Waals surface area contributed by atoms with Crippen LogP contribution >= 0.6 is 0 Å². The van der Waals surface area contributed by atoms with E-state index in [1.165, 1.54) is 0 Å². The fourth-order valence-corrected chi connectivity index (χ4v) is 5.55. The maximum absolute atomic E-state index is 12.5. The molecular formula is C27H38N2O4. The van der Waals surface area contributed by atoms with Gasteiger partial charge in [0.1, 0.15) is 11.2 Å². The number of carbonyl (C=O) groups is 1. The quantitative estimate of drug-likeness (QED) is 0.707. The summed E-state index contributed by atoms with van der Waals surface area (Å²) in [4.78, 5) is 16.7. The highest BCUT2D eigenvalue weighted by atomic mass is 16.6. The molecule has 1 unspecified atom stereocenters. The highest BCUT2D eigenvalue weighted by Gasteiger charge is 2.47. The monoisotopic (exact) mass is 454 g/mol. The molecule has 1 aromatic rings. The molecule has 1 aromatic carbocycles. The van der Waals surface area contributed by atoms with Crippen LogP contribution in [0.15, 0.2) is 30.3 Å². The van der Waals surface area contributed by atoms with Crippen molar-refractivity contribution in [3.05, 3.63) is 35.9 Å². The average Bonchev–Trinajstić information content (AvgIpc) is 2.83. The van der Waals surface area contributed by atoms with Crippen LogP contribution in [0.4, 0.5) is 4.79 Å². The zero-order valence-corrected chi connectivity index (χ0v) is 20.5. The Morgan fingerprint density at radius 1 is 1.06 bits per heavy atom. The molecule has 1 N–H and O–H groups in total. The number of ether oxygens (including phenoxy) is 2. The van der Waals surface area contributed by atoms with Gasteiger partial charge in [-0.15, -0.1) is 0 Å². The zero-order valence-electron chi connectivity index (χ0n) is 20.5. The van der Waals surface area contributed by atoms with Crippen LogP contribution in [0.2, 0.25) is 0 Å². The summed E-state index contributed by atoms with van der Waals surface area (Å²) in [5, 5.41) is 12.1. The van der Waals surface area contributed by atoms with E-state index < -0.39 is 16.8 Å². The molecule has 180 valence electrons. The third kappa shape index (κ3) is 5.06. The largest absolute Gasteiger partial charge is 0.444 e. The van der Waals surface area contributed by atoms with Gasteiger partial charge in [0, 0.05) is 38.6 Å². The summed E-state index contributed by atoms with van der Waals surface area (Å²) >= 11 is 0. The third-order valence-electron chi connectivity index (χ3n) is 7.49. The van der Waals surface area contributed by atoms with Gasteiger partial charge >= 0.3 is 6.09 Å². The number of hydrogen-bond donors (Lipinski definition) is 1. The van der Waals surface area contributed by atoms with Crippen LogP contribution in [0, 0.1) is 23.7 Å². The minimum atomic E-state index is -1.29. The van der Waals surface area contributed by atoms with Gasteiger partial charge in [0.2, 0.25) is 0 Å². The average molecular weight is 455 g/mol. The van der Waals surface area contributed by atoms with Crippen molar-refractivity contribution in [3.63, 3.8) is 0 Å². The summed E-state index contributed by atoms with van der Waals surface area (Å²) in [7, 11) is 1.75. The van der Waals surface area contributed by atoms with E-state index in [9.17, 15) is 9.90 Å². The van der Waals surface area contributed by atoms with Crippen LogP contribution in [0.3, 0.4) is 0 Å². The van der Waals surface area contributed by atoms with Gasteiger partial charge in [-0.1, -0.05) is 42.2 Å². The van der Waals surface area contributed by atoms with E-state index in [1.54, 1.807) is 12.0 Å². The highest BCUT2D eigenvalue weighted by molar-refractivity contribution is 5.68. The van der Waals surface area contributed by atoms with Crippen molar-refractivity contribution < 1.29 is 19.4 Å². The van der Waals surface area contributed by atoms with E-state index in [0.717, 1.165) is 38.0 Å². The molecule has 0 spiro atoms. The molecule has 0 aliphatic carbocycles. The molecule has 0 aromatic heterocycles. The Morgan fingerprint density at radius 3 is 2.21 bits per heavy atom. The second-order valence-corrected chi connectivity index (χ2v) is 10.8. The molecular weight excluding hydrogens is 416 g/mol. The lowest BCUT2D eigenvalue weighted by atomic mass is 9.73. The summed E-state index contributed by atoms with van der Waals surface area (Å²) in [6.07, 6.45) is 3.20. The van der Waals surface area contributed by atoms with E-state index in [-0.39, 0.29) is 12.0 Å². The Hall–Kier alpha value is -2.07. The SMILES string of the molecule is CO[C@]1(C#CC(O)(c2ccccc2)C2CCN(C(=O)OC(C)(C)C)CC2)CN2CCC1CC2. The lowest BCUT2D eigenvalue weighted by Crippen LogP contribution is -2.59.